The van der Waals surface area contributed by atoms with Gasteiger partial charge in [-0.25, -0.2) is 0 Å². The van der Waals surface area contributed by atoms with Gasteiger partial charge in [0.2, 0.25) is 5.91 Å². The van der Waals surface area contributed by atoms with Crippen molar-refractivity contribution in [2.75, 3.05) is 5.75 Å². The van der Waals surface area contributed by atoms with Crippen LogP contribution in [0.25, 0.3) is 0 Å². The zero-order valence-corrected chi connectivity index (χ0v) is 15.9. The van der Waals surface area contributed by atoms with Crippen LogP contribution in [0.5, 0.6) is 0 Å². The number of thioether (sulfide) groups is 1. The summed E-state index contributed by atoms with van der Waals surface area (Å²) < 4.78 is 0. The van der Waals surface area contributed by atoms with Crippen LogP contribution in [-0.2, 0) is 4.79 Å². The molecule has 2 aromatic rings. The molecule has 0 aliphatic heterocycles. The third kappa shape index (κ3) is 5.41. The van der Waals surface area contributed by atoms with Crippen molar-refractivity contribution in [3.63, 3.8) is 0 Å². The minimum atomic E-state index is 0.0995. The molecule has 1 atom stereocenters. The largest absolute Gasteiger partial charge is 0.349 e. The van der Waals surface area contributed by atoms with Crippen LogP contribution in [0, 0.1) is 20.8 Å². The van der Waals surface area contributed by atoms with Crippen molar-refractivity contribution in [3.05, 3.63) is 64.7 Å². The molecule has 2 nitrogen and oxygen atoms in total. The molecule has 0 bridgehead atoms. The van der Waals surface area contributed by atoms with Crippen LogP contribution in [0.1, 0.15) is 48.1 Å². The number of hydrogen-bond donors (Lipinski definition) is 1. The molecular weight excluding hydrogens is 314 g/mol. The predicted molar refractivity (Wildman–Crippen MR) is 104 cm³/mol. The van der Waals surface area contributed by atoms with Crippen molar-refractivity contribution in [2.45, 2.75) is 51.5 Å². The molecule has 0 unspecified atom stereocenters. The normalized spacial score (nSPS) is 12.0. The summed E-state index contributed by atoms with van der Waals surface area (Å²) in [6.07, 6.45) is 1.45. The van der Waals surface area contributed by atoms with E-state index in [0.717, 1.165) is 12.2 Å². The number of rotatable bonds is 7. The Morgan fingerprint density at radius 3 is 2.33 bits per heavy atom. The lowest BCUT2D eigenvalue weighted by atomic mass is 9.97. The van der Waals surface area contributed by atoms with Crippen LogP contribution in [0.2, 0.25) is 0 Å². The van der Waals surface area contributed by atoms with Crippen molar-refractivity contribution in [1.29, 1.82) is 0 Å². The van der Waals surface area contributed by atoms with E-state index in [-0.39, 0.29) is 11.9 Å². The number of carbonyl (C=O) groups is 1. The lowest BCUT2D eigenvalue weighted by Gasteiger charge is -2.20. The van der Waals surface area contributed by atoms with Gasteiger partial charge in [0, 0.05) is 17.1 Å². The van der Waals surface area contributed by atoms with Crippen LogP contribution in [0.3, 0.4) is 0 Å². The first-order chi connectivity index (χ1) is 11.5. The fraction of sp³-hybridized carbons (Fsp3) is 0.381. The highest BCUT2D eigenvalue weighted by atomic mass is 32.2. The summed E-state index contributed by atoms with van der Waals surface area (Å²) in [5, 5.41) is 3.19. The Hall–Kier alpha value is -1.74. The highest BCUT2D eigenvalue weighted by Crippen LogP contribution is 2.23. The van der Waals surface area contributed by atoms with Gasteiger partial charge in [0.05, 0.1) is 6.04 Å². The fourth-order valence-corrected chi connectivity index (χ4v) is 3.63. The molecule has 2 rings (SSSR count). The molecule has 1 N–H and O–H groups in total. The second-order valence-electron chi connectivity index (χ2n) is 6.30. The van der Waals surface area contributed by atoms with E-state index < -0.39 is 0 Å². The molecule has 0 radical (unpaired) electrons. The van der Waals surface area contributed by atoms with E-state index in [1.807, 2.05) is 0 Å². The average molecular weight is 342 g/mol. The minimum Gasteiger partial charge on any atom is -0.349 e. The van der Waals surface area contributed by atoms with Gasteiger partial charge in [-0.15, -0.1) is 11.8 Å². The van der Waals surface area contributed by atoms with Crippen molar-refractivity contribution in [1.82, 2.24) is 5.32 Å². The molecule has 0 aromatic heterocycles. The van der Waals surface area contributed by atoms with Gasteiger partial charge >= 0.3 is 0 Å². The molecule has 128 valence electrons. The van der Waals surface area contributed by atoms with Crippen molar-refractivity contribution < 1.29 is 4.79 Å². The number of nitrogens with one attached hydrogen (secondary N) is 1. The fourth-order valence-electron chi connectivity index (χ4n) is 2.78. The monoisotopic (exact) mass is 341 g/mol. The highest BCUT2D eigenvalue weighted by Gasteiger charge is 2.14. The topological polar surface area (TPSA) is 29.1 Å². The van der Waals surface area contributed by atoms with Crippen molar-refractivity contribution in [3.8, 4) is 0 Å². The summed E-state index contributed by atoms with van der Waals surface area (Å²) in [5.74, 6) is 0.930. The van der Waals surface area contributed by atoms with Gasteiger partial charge in [-0.1, -0.05) is 48.4 Å². The SMILES string of the molecule is CC[C@H](NC(=O)CCSc1ccc(C)cc1)c1ccc(C)cc1C. The van der Waals surface area contributed by atoms with Crippen molar-refractivity contribution in [2.24, 2.45) is 0 Å². The number of aryl methyl sites for hydroxylation is 3. The quantitative estimate of drug-likeness (QED) is 0.687. The van der Waals surface area contributed by atoms with E-state index in [2.05, 4.69) is 75.5 Å². The van der Waals surface area contributed by atoms with E-state index in [1.54, 1.807) is 11.8 Å². The molecule has 0 saturated carbocycles. The van der Waals surface area contributed by atoms with Gasteiger partial charge in [0.1, 0.15) is 0 Å². The first-order valence-electron chi connectivity index (χ1n) is 8.55. The Balaban J connectivity index is 1.86. The Kier molecular flexibility index (Phi) is 6.92. The van der Waals surface area contributed by atoms with Gasteiger partial charge in [-0.05, 0) is 50.5 Å². The summed E-state index contributed by atoms with van der Waals surface area (Å²) in [7, 11) is 0. The van der Waals surface area contributed by atoms with Gasteiger partial charge in [0.25, 0.3) is 0 Å². The standard InChI is InChI=1S/C21H27NOS/c1-5-20(19-11-8-16(3)14-17(19)4)22-21(23)12-13-24-18-9-6-15(2)7-10-18/h6-11,14,20H,5,12-13H2,1-4H3,(H,22,23)/t20-/m0/s1. The van der Waals surface area contributed by atoms with E-state index in [1.165, 1.54) is 27.1 Å². The Bertz CT molecular complexity index is 679. The minimum absolute atomic E-state index is 0.0995. The lowest BCUT2D eigenvalue weighted by molar-refractivity contribution is -0.121. The van der Waals surface area contributed by atoms with Gasteiger partial charge in [0.15, 0.2) is 0 Å². The van der Waals surface area contributed by atoms with Crippen LogP contribution in [0.15, 0.2) is 47.4 Å². The Labute approximate surface area is 150 Å². The number of benzene rings is 2. The molecule has 0 fully saturated rings. The molecule has 0 saturated heterocycles. The maximum Gasteiger partial charge on any atom is 0.221 e. The maximum atomic E-state index is 12.3. The van der Waals surface area contributed by atoms with E-state index in [4.69, 9.17) is 0 Å². The second-order valence-corrected chi connectivity index (χ2v) is 7.47. The number of amides is 1. The predicted octanol–water partition coefficient (Wildman–Crippen LogP) is 5.36. The third-order valence-electron chi connectivity index (χ3n) is 4.16. The molecule has 24 heavy (non-hydrogen) atoms. The zero-order valence-electron chi connectivity index (χ0n) is 15.1. The third-order valence-corrected chi connectivity index (χ3v) is 5.18. The first kappa shape index (κ1) is 18.6. The summed E-state index contributed by atoms with van der Waals surface area (Å²) in [6, 6.07) is 15.0. The molecule has 0 heterocycles. The molecule has 2 aromatic carbocycles. The lowest BCUT2D eigenvalue weighted by Crippen LogP contribution is -2.28. The first-order valence-corrected chi connectivity index (χ1v) is 9.54. The second kappa shape index (κ2) is 8.93. The Morgan fingerprint density at radius 2 is 1.71 bits per heavy atom. The van der Waals surface area contributed by atoms with Crippen LogP contribution < -0.4 is 5.32 Å². The zero-order chi connectivity index (χ0) is 17.5. The van der Waals surface area contributed by atoms with Gasteiger partial charge < -0.3 is 5.32 Å². The number of carbonyl (C=O) groups excluding carboxylic acids is 1. The maximum absolute atomic E-state index is 12.3. The molecule has 1 amide bonds. The molecule has 3 heteroatoms. The van der Waals surface area contributed by atoms with Crippen LogP contribution >= 0.6 is 11.8 Å². The summed E-state index contributed by atoms with van der Waals surface area (Å²) in [6.45, 7) is 8.41. The highest BCUT2D eigenvalue weighted by molar-refractivity contribution is 7.99. The van der Waals surface area contributed by atoms with Crippen molar-refractivity contribution >= 4 is 17.7 Å². The summed E-state index contributed by atoms with van der Waals surface area (Å²) in [5.41, 5.74) is 4.99. The molecule has 0 spiro atoms. The van der Waals surface area contributed by atoms with E-state index in [9.17, 15) is 4.79 Å². The van der Waals surface area contributed by atoms with E-state index in [0.29, 0.717) is 6.42 Å². The van der Waals surface area contributed by atoms with Gasteiger partial charge in [-0.3, -0.25) is 4.79 Å². The number of hydrogen-bond acceptors (Lipinski definition) is 2. The average Bonchev–Trinajstić information content (AvgIpc) is 2.55. The molecular formula is C21H27NOS. The summed E-state index contributed by atoms with van der Waals surface area (Å²) >= 11 is 1.73. The van der Waals surface area contributed by atoms with Crippen LogP contribution in [-0.4, -0.2) is 11.7 Å². The molecule has 0 aliphatic carbocycles. The van der Waals surface area contributed by atoms with Gasteiger partial charge in [-0.2, -0.15) is 0 Å². The Morgan fingerprint density at radius 1 is 1.04 bits per heavy atom. The molecule has 0 aliphatic rings. The summed E-state index contributed by atoms with van der Waals surface area (Å²) in [4.78, 5) is 13.5. The smallest absolute Gasteiger partial charge is 0.221 e. The van der Waals surface area contributed by atoms with E-state index >= 15 is 0 Å². The van der Waals surface area contributed by atoms with Crippen LogP contribution in [0.4, 0.5) is 0 Å².